The van der Waals surface area contributed by atoms with Gasteiger partial charge in [-0.1, -0.05) is 24.3 Å². The molecule has 1 aromatic heterocycles. The van der Waals surface area contributed by atoms with Gasteiger partial charge in [-0.25, -0.2) is 0 Å². The van der Waals surface area contributed by atoms with Gasteiger partial charge in [-0.2, -0.15) is 0 Å². The molecule has 0 N–H and O–H groups in total. The van der Waals surface area contributed by atoms with Crippen molar-refractivity contribution in [2.24, 2.45) is 0 Å². The average Bonchev–Trinajstić information content (AvgIpc) is 2.89. The van der Waals surface area contributed by atoms with E-state index in [2.05, 4.69) is 6.07 Å². The molecule has 2 heteroatoms. The lowest BCUT2D eigenvalue weighted by atomic mass is 10.1. The molecule has 1 aromatic carbocycles. The van der Waals surface area contributed by atoms with Crippen LogP contribution in [0.15, 0.2) is 34.7 Å². The fraction of sp³-hybridized carbons (Fsp3) is 0.267. The number of ketones is 1. The van der Waals surface area contributed by atoms with Crippen LogP contribution < -0.4 is 0 Å². The molecule has 17 heavy (non-hydrogen) atoms. The monoisotopic (exact) mass is 226 g/mol. The van der Waals surface area contributed by atoms with Crippen molar-refractivity contribution in [1.29, 1.82) is 0 Å². The molecule has 0 amide bonds. The van der Waals surface area contributed by atoms with Crippen molar-refractivity contribution < 1.29 is 9.21 Å². The van der Waals surface area contributed by atoms with Crippen molar-refractivity contribution in [3.8, 4) is 11.3 Å². The van der Waals surface area contributed by atoms with Gasteiger partial charge in [-0.15, -0.1) is 0 Å². The van der Waals surface area contributed by atoms with Crippen LogP contribution in [0.5, 0.6) is 0 Å². The second-order valence-corrected chi connectivity index (χ2v) is 4.55. The topological polar surface area (TPSA) is 30.2 Å². The molecule has 0 aliphatic heterocycles. The maximum Gasteiger partial charge on any atom is 0.159 e. The summed E-state index contributed by atoms with van der Waals surface area (Å²) in [6, 6.07) is 9.73. The molecule has 3 rings (SSSR count). The standard InChI is InChI=1S/C15H14O2/c1-10(16)11-5-7-12(8-6-11)15-9-13-3-2-4-14(13)17-15/h5-9H,2-4H2,1H3. The van der Waals surface area contributed by atoms with E-state index in [-0.39, 0.29) is 5.78 Å². The van der Waals surface area contributed by atoms with Gasteiger partial charge in [0.1, 0.15) is 11.5 Å². The Hall–Kier alpha value is -1.83. The van der Waals surface area contributed by atoms with Crippen LogP contribution in [-0.2, 0) is 12.8 Å². The fourth-order valence-corrected chi connectivity index (χ4v) is 2.34. The van der Waals surface area contributed by atoms with Crippen molar-refractivity contribution >= 4 is 5.78 Å². The second kappa shape index (κ2) is 3.88. The third kappa shape index (κ3) is 1.80. The van der Waals surface area contributed by atoms with Crippen LogP contribution in [0.2, 0.25) is 0 Å². The van der Waals surface area contributed by atoms with Gasteiger partial charge in [0.25, 0.3) is 0 Å². The minimum atomic E-state index is 0.0958. The van der Waals surface area contributed by atoms with Crippen LogP contribution >= 0.6 is 0 Å². The van der Waals surface area contributed by atoms with E-state index in [0.717, 1.165) is 35.5 Å². The largest absolute Gasteiger partial charge is 0.461 e. The van der Waals surface area contributed by atoms with E-state index in [1.165, 1.54) is 12.0 Å². The number of carbonyl (C=O) groups excluding carboxylic acids is 1. The van der Waals surface area contributed by atoms with Crippen LogP contribution in [0.4, 0.5) is 0 Å². The van der Waals surface area contributed by atoms with Crippen molar-refractivity contribution in [2.75, 3.05) is 0 Å². The fourth-order valence-electron chi connectivity index (χ4n) is 2.34. The Labute approximate surface area is 100 Å². The van der Waals surface area contributed by atoms with Gasteiger partial charge in [0, 0.05) is 17.5 Å². The van der Waals surface area contributed by atoms with Crippen molar-refractivity contribution in [3.63, 3.8) is 0 Å². The van der Waals surface area contributed by atoms with Gasteiger partial charge >= 0.3 is 0 Å². The third-order valence-corrected chi connectivity index (χ3v) is 3.32. The molecule has 0 saturated carbocycles. The summed E-state index contributed by atoms with van der Waals surface area (Å²) in [5.74, 6) is 2.15. The van der Waals surface area contributed by atoms with Gasteiger partial charge in [0.2, 0.25) is 0 Å². The predicted octanol–water partition coefficient (Wildman–Crippen LogP) is 3.64. The summed E-state index contributed by atoms with van der Waals surface area (Å²) in [6.45, 7) is 1.58. The number of Topliss-reactive ketones (excluding diaryl/α,β-unsaturated/α-hetero) is 1. The van der Waals surface area contributed by atoms with Crippen LogP contribution in [0.1, 0.15) is 35.0 Å². The number of carbonyl (C=O) groups is 1. The van der Waals surface area contributed by atoms with E-state index >= 15 is 0 Å². The summed E-state index contributed by atoms with van der Waals surface area (Å²) in [6.07, 6.45) is 3.39. The first-order chi connectivity index (χ1) is 8.24. The first-order valence-electron chi connectivity index (χ1n) is 5.97. The van der Waals surface area contributed by atoms with Crippen LogP contribution in [-0.4, -0.2) is 5.78 Å². The third-order valence-electron chi connectivity index (χ3n) is 3.32. The van der Waals surface area contributed by atoms with Crippen molar-refractivity contribution in [2.45, 2.75) is 26.2 Å². The molecule has 86 valence electrons. The van der Waals surface area contributed by atoms with E-state index in [1.54, 1.807) is 6.92 Å². The van der Waals surface area contributed by atoms with Gasteiger partial charge in [0.05, 0.1) is 0 Å². The number of rotatable bonds is 2. The highest BCUT2D eigenvalue weighted by Crippen LogP contribution is 2.31. The minimum absolute atomic E-state index is 0.0958. The molecule has 0 atom stereocenters. The molecule has 0 radical (unpaired) electrons. The summed E-state index contributed by atoms with van der Waals surface area (Å²) < 4.78 is 5.83. The van der Waals surface area contributed by atoms with Crippen molar-refractivity contribution in [1.82, 2.24) is 0 Å². The molecule has 0 fully saturated rings. The molecule has 2 nitrogen and oxygen atoms in total. The van der Waals surface area contributed by atoms with Crippen LogP contribution in [0.3, 0.4) is 0 Å². The lowest BCUT2D eigenvalue weighted by molar-refractivity contribution is 0.101. The Balaban J connectivity index is 1.95. The molecule has 0 spiro atoms. The van der Waals surface area contributed by atoms with Gasteiger partial charge in [-0.3, -0.25) is 4.79 Å². The Kier molecular flexibility index (Phi) is 2.36. The quantitative estimate of drug-likeness (QED) is 0.732. The van der Waals surface area contributed by atoms with E-state index in [4.69, 9.17) is 4.42 Å². The number of furan rings is 1. The maximum absolute atomic E-state index is 11.2. The zero-order valence-electron chi connectivity index (χ0n) is 9.82. The first-order valence-corrected chi connectivity index (χ1v) is 5.97. The Morgan fingerprint density at radius 3 is 2.59 bits per heavy atom. The number of hydrogen-bond acceptors (Lipinski definition) is 2. The molecule has 1 aliphatic carbocycles. The van der Waals surface area contributed by atoms with E-state index in [0.29, 0.717) is 0 Å². The smallest absolute Gasteiger partial charge is 0.159 e. The van der Waals surface area contributed by atoms with E-state index in [9.17, 15) is 4.79 Å². The van der Waals surface area contributed by atoms with E-state index in [1.807, 2.05) is 24.3 Å². The number of aryl methyl sites for hydroxylation is 2. The van der Waals surface area contributed by atoms with E-state index < -0.39 is 0 Å². The summed E-state index contributed by atoms with van der Waals surface area (Å²) >= 11 is 0. The number of fused-ring (bicyclic) bond motifs is 1. The zero-order valence-corrected chi connectivity index (χ0v) is 9.82. The summed E-state index contributed by atoms with van der Waals surface area (Å²) in [5, 5.41) is 0. The van der Waals surface area contributed by atoms with Gasteiger partial charge < -0.3 is 4.42 Å². The van der Waals surface area contributed by atoms with Crippen LogP contribution in [0, 0.1) is 0 Å². The second-order valence-electron chi connectivity index (χ2n) is 4.55. The van der Waals surface area contributed by atoms with Crippen LogP contribution in [0.25, 0.3) is 11.3 Å². The Morgan fingerprint density at radius 2 is 1.94 bits per heavy atom. The Morgan fingerprint density at radius 1 is 1.18 bits per heavy atom. The first kappa shape index (κ1) is 10.3. The summed E-state index contributed by atoms with van der Waals surface area (Å²) in [7, 11) is 0. The highest BCUT2D eigenvalue weighted by molar-refractivity contribution is 5.94. The summed E-state index contributed by atoms with van der Waals surface area (Å²) in [4.78, 5) is 11.2. The molecule has 1 aliphatic rings. The average molecular weight is 226 g/mol. The molecule has 0 bridgehead atoms. The molecular weight excluding hydrogens is 212 g/mol. The summed E-state index contributed by atoms with van der Waals surface area (Å²) in [5.41, 5.74) is 3.13. The molecular formula is C15H14O2. The Bertz CT molecular complexity index is 540. The molecule has 2 aromatic rings. The minimum Gasteiger partial charge on any atom is -0.461 e. The highest BCUT2D eigenvalue weighted by Gasteiger charge is 2.17. The number of hydrogen-bond donors (Lipinski definition) is 0. The maximum atomic E-state index is 11.2. The lowest BCUT2D eigenvalue weighted by Gasteiger charge is -1.99. The van der Waals surface area contributed by atoms with Gasteiger partial charge in [0.15, 0.2) is 5.78 Å². The van der Waals surface area contributed by atoms with Gasteiger partial charge in [-0.05, 0) is 31.4 Å². The normalized spacial score (nSPS) is 13.7. The van der Waals surface area contributed by atoms with Crippen molar-refractivity contribution in [3.05, 3.63) is 47.2 Å². The highest BCUT2D eigenvalue weighted by atomic mass is 16.3. The lowest BCUT2D eigenvalue weighted by Crippen LogP contribution is -1.90. The predicted molar refractivity (Wildman–Crippen MR) is 66.2 cm³/mol. The molecule has 0 unspecified atom stereocenters. The molecule has 1 heterocycles. The zero-order chi connectivity index (χ0) is 11.8. The SMILES string of the molecule is CC(=O)c1ccc(-c2cc3c(o2)CCC3)cc1. The molecule has 0 saturated heterocycles. The number of benzene rings is 1.